The van der Waals surface area contributed by atoms with Gasteiger partial charge >= 0.3 is 0 Å². The molecule has 27 heavy (non-hydrogen) atoms. The van der Waals surface area contributed by atoms with Crippen LogP contribution in [0.5, 0.6) is 0 Å². The second kappa shape index (κ2) is 8.03. The number of hydrogen-bond donors (Lipinski definition) is 0. The first-order valence-electron chi connectivity index (χ1n) is 9.30. The Labute approximate surface area is 159 Å². The van der Waals surface area contributed by atoms with Crippen LogP contribution in [0, 0.1) is 5.82 Å². The molecule has 0 N–H and O–H groups in total. The van der Waals surface area contributed by atoms with E-state index >= 15 is 0 Å². The van der Waals surface area contributed by atoms with Crippen LogP contribution in [0.25, 0.3) is 0 Å². The molecule has 4 rings (SSSR count). The predicted octanol–water partition coefficient (Wildman–Crippen LogP) is 3.82. The summed E-state index contributed by atoms with van der Waals surface area (Å²) >= 11 is 0. The molecule has 140 valence electrons. The van der Waals surface area contributed by atoms with Gasteiger partial charge in [0, 0.05) is 51.2 Å². The summed E-state index contributed by atoms with van der Waals surface area (Å²) in [5.41, 5.74) is 3.33. The Balaban J connectivity index is 1.65. The molecule has 5 heteroatoms. The smallest absolute Gasteiger partial charge is 0.127 e. The molecule has 4 nitrogen and oxygen atoms in total. The van der Waals surface area contributed by atoms with Gasteiger partial charge in [0.05, 0.1) is 12.5 Å². The number of methoxy groups -OCH3 is 1. The lowest BCUT2D eigenvalue weighted by molar-refractivity contribution is 0.184. The summed E-state index contributed by atoms with van der Waals surface area (Å²) in [6.07, 6.45) is 3.86. The maximum atomic E-state index is 14.2. The first-order valence-corrected chi connectivity index (χ1v) is 9.30. The number of fused-ring (bicyclic) bond motifs is 1. The number of hydrogen-bond acceptors (Lipinski definition) is 3. The molecule has 2 heterocycles. The fourth-order valence-corrected chi connectivity index (χ4v) is 3.90. The second-order valence-electron chi connectivity index (χ2n) is 6.98. The lowest BCUT2D eigenvalue weighted by atomic mass is 9.88. The van der Waals surface area contributed by atoms with Gasteiger partial charge in [-0.2, -0.15) is 0 Å². The second-order valence-corrected chi connectivity index (χ2v) is 6.98. The molecule has 3 aromatic rings. The standard InChI is InChI=1S/C22H24FN3O/c1-27-13-12-26-11-10-24-22(26)20-16-25(14-17-6-2-4-8-19(17)20)15-18-7-3-5-9-21(18)23/h2-11,20H,12-16H2,1H3/t20-/m0/s1. The van der Waals surface area contributed by atoms with Gasteiger partial charge in [0.2, 0.25) is 0 Å². The zero-order valence-electron chi connectivity index (χ0n) is 15.5. The highest BCUT2D eigenvalue weighted by Crippen LogP contribution is 2.33. The summed E-state index contributed by atoms with van der Waals surface area (Å²) in [7, 11) is 1.71. The van der Waals surface area contributed by atoms with Crippen molar-refractivity contribution in [2.75, 3.05) is 20.3 Å². The van der Waals surface area contributed by atoms with Crippen molar-refractivity contribution in [2.45, 2.75) is 25.6 Å². The summed E-state index contributed by atoms with van der Waals surface area (Å²) in [6, 6.07) is 15.5. The van der Waals surface area contributed by atoms with Crippen LogP contribution in [-0.2, 0) is 24.4 Å². The van der Waals surface area contributed by atoms with E-state index < -0.39 is 0 Å². The number of nitrogens with zero attached hydrogens (tertiary/aromatic N) is 3. The van der Waals surface area contributed by atoms with Crippen LogP contribution in [0.3, 0.4) is 0 Å². The Morgan fingerprint density at radius 1 is 1.15 bits per heavy atom. The molecule has 2 aromatic carbocycles. The minimum atomic E-state index is -0.144. The average Bonchev–Trinajstić information content (AvgIpc) is 3.16. The summed E-state index contributed by atoms with van der Waals surface area (Å²) in [5.74, 6) is 1.06. The number of aromatic nitrogens is 2. The molecule has 0 amide bonds. The number of ether oxygens (including phenoxy) is 1. The first-order chi connectivity index (χ1) is 13.3. The van der Waals surface area contributed by atoms with Crippen molar-refractivity contribution < 1.29 is 9.13 Å². The van der Waals surface area contributed by atoms with Gasteiger partial charge in [-0.1, -0.05) is 42.5 Å². The summed E-state index contributed by atoms with van der Waals surface area (Å²) < 4.78 is 21.6. The molecule has 1 aromatic heterocycles. The lowest BCUT2D eigenvalue weighted by Crippen LogP contribution is -2.35. The molecular formula is C22H24FN3O. The summed E-state index contributed by atoms with van der Waals surface area (Å²) in [6.45, 7) is 3.65. The highest BCUT2D eigenvalue weighted by molar-refractivity contribution is 5.37. The number of benzene rings is 2. The van der Waals surface area contributed by atoms with Gasteiger partial charge in [0.15, 0.2) is 0 Å². The average molecular weight is 365 g/mol. The maximum absolute atomic E-state index is 14.2. The van der Waals surface area contributed by atoms with Crippen molar-refractivity contribution in [3.8, 4) is 0 Å². The van der Waals surface area contributed by atoms with Crippen LogP contribution in [0.4, 0.5) is 4.39 Å². The molecule has 0 fully saturated rings. The zero-order chi connectivity index (χ0) is 18.6. The lowest BCUT2D eigenvalue weighted by Gasteiger charge is -2.34. The maximum Gasteiger partial charge on any atom is 0.127 e. The third-order valence-corrected chi connectivity index (χ3v) is 5.21. The summed E-state index contributed by atoms with van der Waals surface area (Å²) in [5, 5.41) is 0. The SMILES string of the molecule is COCCn1ccnc1[C@H]1CN(Cc2ccccc2F)Cc2ccccc21. The van der Waals surface area contributed by atoms with E-state index in [-0.39, 0.29) is 11.7 Å². The molecule has 0 bridgehead atoms. The minimum Gasteiger partial charge on any atom is -0.383 e. The largest absolute Gasteiger partial charge is 0.383 e. The molecule has 1 atom stereocenters. The molecule has 0 unspecified atom stereocenters. The quantitative estimate of drug-likeness (QED) is 0.665. The fraction of sp³-hybridized carbons (Fsp3) is 0.318. The number of imidazole rings is 1. The summed E-state index contributed by atoms with van der Waals surface area (Å²) in [4.78, 5) is 6.96. The third-order valence-electron chi connectivity index (χ3n) is 5.21. The van der Waals surface area contributed by atoms with E-state index in [0.29, 0.717) is 13.2 Å². The van der Waals surface area contributed by atoms with Gasteiger partial charge in [-0.05, 0) is 17.2 Å². The van der Waals surface area contributed by atoms with Crippen LogP contribution in [0.15, 0.2) is 60.9 Å². The minimum absolute atomic E-state index is 0.144. The zero-order valence-corrected chi connectivity index (χ0v) is 15.5. The van der Waals surface area contributed by atoms with Crippen molar-refractivity contribution in [1.82, 2.24) is 14.5 Å². The molecule has 0 spiro atoms. The van der Waals surface area contributed by atoms with Gasteiger partial charge in [-0.25, -0.2) is 9.37 Å². The molecular weight excluding hydrogens is 341 g/mol. The van der Waals surface area contributed by atoms with Crippen LogP contribution >= 0.6 is 0 Å². The molecule has 0 aliphatic carbocycles. The first kappa shape index (κ1) is 17.9. The Hall–Kier alpha value is -2.50. The van der Waals surface area contributed by atoms with Crippen LogP contribution in [0.1, 0.15) is 28.4 Å². The fourth-order valence-electron chi connectivity index (χ4n) is 3.90. The van der Waals surface area contributed by atoms with E-state index in [1.54, 1.807) is 13.2 Å². The Morgan fingerprint density at radius 3 is 2.81 bits per heavy atom. The van der Waals surface area contributed by atoms with E-state index in [4.69, 9.17) is 4.74 Å². The van der Waals surface area contributed by atoms with E-state index in [1.807, 2.05) is 24.5 Å². The van der Waals surface area contributed by atoms with E-state index in [1.165, 1.54) is 17.2 Å². The number of halogens is 1. The van der Waals surface area contributed by atoms with E-state index in [0.717, 1.165) is 31.0 Å². The topological polar surface area (TPSA) is 30.3 Å². The van der Waals surface area contributed by atoms with Gasteiger partial charge < -0.3 is 9.30 Å². The van der Waals surface area contributed by atoms with E-state index in [9.17, 15) is 4.39 Å². The molecule has 0 radical (unpaired) electrons. The van der Waals surface area contributed by atoms with Gasteiger partial charge in [0.1, 0.15) is 11.6 Å². The van der Waals surface area contributed by atoms with Crippen molar-refractivity contribution >= 4 is 0 Å². The predicted molar refractivity (Wildman–Crippen MR) is 103 cm³/mol. The molecule has 0 saturated heterocycles. The van der Waals surface area contributed by atoms with Crippen LogP contribution in [-0.4, -0.2) is 34.7 Å². The molecule has 1 aliphatic heterocycles. The van der Waals surface area contributed by atoms with Crippen LogP contribution < -0.4 is 0 Å². The third kappa shape index (κ3) is 3.80. The van der Waals surface area contributed by atoms with E-state index in [2.05, 4.69) is 38.7 Å². The normalized spacial score (nSPS) is 17.0. The number of rotatable bonds is 6. The Bertz CT molecular complexity index is 908. The van der Waals surface area contributed by atoms with Gasteiger partial charge in [-0.15, -0.1) is 0 Å². The highest BCUT2D eigenvalue weighted by Gasteiger charge is 2.29. The Morgan fingerprint density at radius 2 is 1.96 bits per heavy atom. The van der Waals surface area contributed by atoms with Crippen molar-refractivity contribution in [3.63, 3.8) is 0 Å². The van der Waals surface area contributed by atoms with Crippen LogP contribution in [0.2, 0.25) is 0 Å². The van der Waals surface area contributed by atoms with Crippen molar-refractivity contribution in [2.24, 2.45) is 0 Å². The van der Waals surface area contributed by atoms with Gasteiger partial charge in [-0.3, -0.25) is 4.90 Å². The Kier molecular flexibility index (Phi) is 5.32. The van der Waals surface area contributed by atoms with Gasteiger partial charge in [0.25, 0.3) is 0 Å². The molecule has 1 aliphatic rings. The van der Waals surface area contributed by atoms with Crippen molar-refractivity contribution in [3.05, 3.63) is 89.3 Å². The molecule has 0 saturated carbocycles. The highest BCUT2D eigenvalue weighted by atomic mass is 19.1. The monoisotopic (exact) mass is 365 g/mol. The van der Waals surface area contributed by atoms with Crippen molar-refractivity contribution in [1.29, 1.82) is 0 Å².